The highest BCUT2D eigenvalue weighted by Gasteiger charge is 2.28. The van der Waals surface area contributed by atoms with Crippen LogP contribution in [0.5, 0.6) is 0 Å². The number of anilines is 1. The zero-order valence-corrected chi connectivity index (χ0v) is 18.7. The number of non-ortho nitro benzene ring substituents is 1. The number of hydrogen-bond donors (Lipinski definition) is 1. The van der Waals surface area contributed by atoms with E-state index in [1.807, 2.05) is 19.9 Å². The Balaban J connectivity index is 1.39. The van der Waals surface area contributed by atoms with Crippen molar-refractivity contribution in [3.63, 3.8) is 0 Å². The third kappa shape index (κ3) is 5.04. The molecule has 1 atom stereocenters. The molecule has 1 aliphatic heterocycles. The maximum Gasteiger partial charge on any atom is 0.269 e. The maximum atomic E-state index is 12.6. The van der Waals surface area contributed by atoms with E-state index in [1.54, 1.807) is 12.1 Å². The van der Waals surface area contributed by atoms with E-state index in [0.29, 0.717) is 11.9 Å². The number of rotatable bonds is 6. The summed E-state index contributed by atoms with van der Waals surface area (Å²) in [5, 5.41) is 14.1. The van der Waals surface area contributed by atoms with Crippen molar-refractivity contribution in [2.24, 2.45) is 0 Å². The molecule has 2 aliphatic rings. The number of benzene rings is 1. The largest absolute Gasteiger partial charge is 0.354 e. The first-order chi connectivity index (χ1) is 15.4. The van der Waals surface area contributed by atoms with Crippen molar-refractivity contribution in [3.8, 4) is 11.4 Å². The number of nitrogens with zero attached hydrogens (tertiary/aromatic N) is 5. The van der Waals surface area contributed by atoms with E-state index >= 15 is 0 Å². The van der Waals surface area contributed by atoms with Crippen molar-refractivity contribution in [3.05, 3.63) is 46.1 Å². The molecule has 0 bridgehead atoms. The van der Waals surface area contributed by atoms with Crippen molar-refractivity contribution in [1.82, 2.24) is 20.2 Å². The summed E-state index contributed by atoms with van der Waals surface area (Å²) in [6.07, 6.45) is 4.60. The molecule has 0 radical (unpaired) electrons. The van der Waals surface area contributed by atoms with Crippen molar-refractivity contribution in [2.45, 2.75) is 51.6 Å². The second kappa shape index (κ2) is 9.60. The second-order valence-corrected chi connectivity index (χ2v) is 8.68. The molecule has 32 heavy (non-hydrogen) atoms. The van der Waals surface area contributed by atoms with Crippen molar-refractivity contribution in [1.29, 1.82) is 0 Å². The number of amides is 1. The Morgan fingerprint density at radius 3 is 2.41 bits per heavy atom. The quantitative estimate of drug-likeness (QED) is 0.546. The van der Waals surface area contributed by atoms with Gasteiger partial charge in [0.1, 0.15) is 5.82 Å². The molecule has 2 fully saturated rings. The Morgan fingerprint density at radius 1 is 1.12 bits per heavy atom. The van der Waals surface area contributed by atoms with Gasteiger partial charge in [-0.05, 0) is 38.8 Å². The molecule has 0 spiro atoms. The number of hydrogen-bond acceptors (Lipinski definition) is 7. The standard InChI is InChI=1S/C23H30N6O3/c1-16-15-21(26-22(24-16)18-7-9-20(10-8-18)29(31)32)28-13-11-27(12-14-28)17(2)23(30)25-19-5-3-4-6-19/h7-10,15,17,19H,3-6,11-14H2,1-2H3,(H,25,30). The molecule has 4 rings (SSSR count). The van der Waals surface area contributed by atoms with Gasteiger partial charge in [-0.25, -0.2) is 9.97 Å². The highest BCUT2D eigenvalue weighted by molar-refractivity contribution is 5.81. The lowest BCUT2D eigenvalue weighted by Gasteiger charge is -2.38. The molecular weight excluding hydrogens is 408 g/mol. The maximum absolute atomic E-state index is 12.6. The second-order valence-electron chi connectivity index (χ2n) is 8.68. The first-order valence-electron chi connectivity index (χ1n) is 11.3. The summed E-state index contributed by atoms with van der Waals surface area (Å²) in [6, 6.07) is 8.46. The number of nitro benzene ring substituents is 1. The molecule has 9 nitrogen and oxygen atoms in total. The van der Waals surface area contributed by atoms with Gasteiger partial charge in [-0.15, -0.1) is 0 Å². The summed E-state index contributed by atoms with van der Waals surface area (Å²) in [5.74, 6) is 1.53. The molecule has 1 saturated heterocycles. The van der Waals surface area contributed by atoms with Crippen molar-refractivity contribution < 1.29 is 9.72 Å². The molecule has 1 aliphatic carbocycles. The molecule has 1 amide bonds. The van der Waals surface area contributed by atoms with E-state index < -0.39 is 4.92 Å². The van der Waals surface area contributed by atoms with Crippen LogP contribution >= 0.6 is 0 Å². The van der Waals surface area contributed by atoms with Crippen LogP contribution in [-0.4, -0.2) is 64.0 Å². The van der Waals surface area contributed by atoms with Gasteiger partial charge in [-0.3, -0.25) is 19.8 Å². The average molecular weight is 439 g/mol. The summed E-state index contributed by atoms with van der Waals surface area (Å²) in [6.45, 7) is 7.03. The van der Waals surface area contributed by atoms with E-state index in [-0.39, 0.29) is 17.6 Å². The number of carbonyl (C=O) groups is 1. The number of nitro groups is 1. The molecular formula is C23H30N6O3. The highest BCUT2D eigenvalue weighted by atomic mass is 16.6. The minimum Gasteiger partial charge on any atom is -0.354 e. The number of piperazine rings is 1. The van der Waals surface area contributed by atoms with Crippen LogP contribution in [0.1, 0.15) is 38.3 Å². The molecule has 2 heterocycles. The van der Waals surface area contributed by atoms with E-state index in [2.05, 4.69) is 20.1 Å². The summed E-state index contributed by atoms with van der Waals surface area (Å²) in [4.78, 5) is 36.8. The topological polar surface area (TPSA) is 104 Å². The summed E-state index contributed by atoms with van der Waals surface area (Å²) in [7, 11) is 0. The molecule has 1 N–H and O–H groups in total. The zero-order chi connectivity index (χ0) is 22.7. The third-order valence-electron chi connectivity index (χ3n) is 6.44. The molecule has 2 aromatic rings. The molecule has 1 aromatic carbocycles. The Kier molecular flexibility index (Phi) is 6.64. The SMILES string of the molecule is Cc1cc(N2CCN(C(C)C(=O)NC3CCCC3)CC2)nc(-c2ccc([N+](=O)[O-])cc2)n1. The van der Waals surface area contributed by atoms with Gasteiger partial charge < -0.3 is 10.2 Å². The lowest BCUT2D eigenvalue weighted by Crippen LogP contribution is -2.55. The summed E-state index contributed by atoms with van der Waals surface area (Å²) >= 11 is 0. The lowest BCUT2D eigenvalue weighted by atomic mass is 10.1. The molecule has 170 valence electrons. The van der Waals surface area contributed by atoms with E-state index in [0.717, 1.165) is 56.1 Å². The Labute approximate surface area is 188 Å². The average Bonchev–Trinajstić information content (AvgIpc) is 3.31. The third-order valence-corrected chi connectivity index (χ3v) is 6.44. The first-order valence-corrected chi connectivity index (χ1v) is 11.3. The van der Waals surface area contributed by atoms with Gasteiger partial charge in [-0.2, -0.15) is 0 Å². The van der Waals surface area contributed by atoms with Gasteiger partial charge in [0.25, 0.3) is 5.69 Å². The summed E-state index contributed by atoms with van der Waals surface area (Å²) in [5.41, 5.74) is 1.63. The molecule has 1 aromatic heterocycles. The van der Waals surface area contributed by atoms with Gasteiger partial charge in [0, 0.05) is 61.7 Å². The fourth-order valence-corrected chi connectivity index (χ4v) is 4.47. The fourth-order valence-electron chi connectivity index (χ4n) is 4.47. The smallest absolute Gasteiger partial charge is 0.269 e. The number of aryl methyl sites for hydroxylation is 1. The lowest BCUT2D eigenvalue weighted by molar-refractivity contribution is -0.384. The van der Waals surface area contributed by atoms with Crippen LogP contribution in [0.4, 0.5) is 11.5 Å². The van der Waals surface area contributed by atoms with E-state index in [1.165, 1.54) is 25.0 Å². The predicted molar refractivity (Wildman–Crippen MR) is 123 cm³/mol. The number of aromatic nitrogens is 2. The zero-order valence-electron chi connectivity index (χ0n) is 18.7. The highest BCUT2D eigenvalue weighted by Crippen LogP contribution is 2.24. The van der Waals surface area contributed by atoms with Gasteiger partial charge in [0.05, 0.1) is 11.0 Å². The minimum absolute atomic E-state index is 0.0452. The van der Waals surface area contributed by atoms with E-state index in [4.69, 9.17) is 4.98 Å². The Hall–Kier alpha value is -3.07. The molecule has 1 saturated carbocycles. The van der Waals surface area contributed by atoms with Gasteiger partial charge >= 0.3 is 0 Å². The van der Waals surface area contributed by atoms with Crippen LogP contribution in [0, 0.1) is 17.0 Å². The normalized spacial score (nSPS) is 18.5. The Bertz CT molecular complexity index is 966. The number of nitrogens with one attached hydrogen (secondary N) is 1. The van der Waals surface area contributed by atoms with E-state index in [9.17, 15) is 14.9 Å². The number of carbonyl (C=O) groups excluding carboxylic acids is 1. The van der Waals surface area contributed by atoms with Crippen LogP contribution in [0.25, 0.3) is 11.4 Å². The van der Waals surface area contributed by atoms with Gasteiger partial charge in [0.15, 0.2) is 5.82 Å². The monoisotopic (exact) mass is 438 g/mol. The predicted octanol–water partition coefficient (Wildman–Crippen LogP) is 2.93. The van der Waals surface area contributed by atoms with Gasteiger partial charge in [-0.1, -0.05) is 12.8 Å². The first kappa shape index (κ1) is 22.1. The van der Waals surface area contributed by atoms with Crippen molar-refractivity contribution in [2.75, 3.05) is 31.1 Å². The Morgan fingerprint density at radius 2 is 1.78 bits per heavy atom. The molecule has 1 unspecified atom stereocenters. The van der Waals surface area contributed by atoms with Crippen molar-refractivity contribution >= 4 is 17.4 Å². The summed E-state index contributed by atoms with van der Waals surface area (Å²) < 4.78 is 0. The van der Waals surface area contributed by atoms with Crippen LogP contribution in [0.15, 0.2) is 30.3 Å². The van der Waals surface area contributed by atoms with Crippen LogP contribution in [0.2, 0.25) is 0 Å². The van der Waals surface area contributed by atoms with Crippen LogP contribution in [0.3, 0.4) is 0 Å². The van der Waals surface area contributed by atoms with Crippen LogP contribution < -0.4 is 10.2 Å². The van der Waals surface area contributed by atoms with Crippen LogP contribution in [-0.2, 0) is 4.79 Å². The fraction of sp³-hybridized carbons (Fsp3) is 0.522. The minimum atomic E-state index is -0.416. The molecule has 9 heteroatoms. The van der Waals surface area contributed by atoms with Gasteiger partial charge in [0.2, 0.25) is 5.91 Å².